The van der Waals surface area contributed by atoms with Crippen LogP contribution in [-0.2, 0) is 23.9 Å². The second-order valence-electron chi connectivity index (χ2n) is 13.5. The van der Waals surface area contributed by atoms with Crippen molar-refractivity contribution >= 4 is 34.9 Å². The van der Waals surface area contributed by atoms with Gasteiger partial charge in [-0.15, -0.1) is 0 Å². The number of halogens is 1. The highest BCUT2D eigenvalue weighted by Crippen LogP contribution is 2.46. The zero-order chi connectivity index (χ0) is 33.9. The first-order valence-corrected chi connectivity index (χ1v) is 16.4. The van der Waals surface area contributed by atoms with E-state index in [1.165, 1.54) is 11.0 Å². The molecule has 1 aliphatic carbocycles. The van der Waals surface area contributed by atoms with Crippen molar-refractivity contribution in [3.8, 4) is 5.88 Å². The molecular formula is C34H44FN5O7. The van der Waals surface area contributed by atoms with Gasteiger partial charge in [-0.2, -0.15) is 0 Å². The Morgan fingerprint density at radius 2 is 1.96 bits per heavy atom. The summed E-state index contributed by atoms with van der Waals surface area (Å²) in [6.07, 6.45) is 6.37. The van der Waals surface area contributed by atoms with E-state index in [1.807, 2.05) is 12.2 Å². The van der Waals surface area contributed by atoms with E-state index >= 15 is 0 Å². The number of aromatic nitrogens is 2. The first-order chi connectivity index (χ1) is 22.3. The summed E-state index contributed by atoms with van der Waals surface area (Å²) in [5.41, 5.74) is -1.18. The molecule has 5 atom stereocenters. The number of nitrogens with one attached hydrogen (secondary N) is 2. The number of hydrogen-bond acceptors (Lipinski definition) is 9. The minimum Gasteiger partial charge on any atom is -0.471 e. The predicted molar refractivity (Wildman–Crippen MR) is 170 cm³/mol. The highest BCUT2D eigenvalue weighted by molar-refractivity contribution is 5.96. The minimum absolute atomic E-state index is 0.0183. The number of allylic oxidation sites excluding steroid dienone is 1. The van der Waals surface area contributed by atoms with Crippen LogP contribution in [0, 0.1) is 18.7 Å². The number of benzene rings is 1. The van der Waals surface area contributed by atoms with E-state index in [2.05, 4.69) is 20.6 Å². The van der Waals surface area contributed by atoms with Crippen molar-refractivity contribution in [2.75, 3.05) is 13.2 Å². The molecule has 3 amide bonds. The lowest BCUT2D eigenvalue weighted by atomic mass is 10.0. The second-order valence-corrected chi connectivity index (χ2v) is 13.5. The van der Waals surface area contributed by atoms with Gasteiger partial charge in [-0.05, 0) is 72.4 Å². The fourth-order valence-electron chi connectivity index (χ4n) is 6.23. The Bertz CT molecular complexity index is 1560. The molecule has 3 aliphatic rings. The third kappa shape index (κ3) is 7.82. The standard InChI is InChI=1S/C34H44FN5O7/c1-6-45-31(43)34-18-21(34)13-10-8-7-9-11-15-25(37-32(44)47-33(3,4)5)30(42)40-19-22(17-26(40)28(41)39-34)46-29-20(2)36-24-16-12-14-23(35)27(24)38-29/h10,12-14,16,21-22,25-26H,6-9,11,15,17-19H2,1-5H3,(H,37,44)(H,39,41)/t21-,22-,25+,26+,34-/m1/s1. The van der Waals surface area contributed by atoms with E-state index in [4.69, 9.17) is 14.2 Å². The molecule has 12 nitrogen and oxygen atoms in total. The zero-order valence-electron chi connectivity index (χ0n) is 27.6. The number of nitrogens with zero attached hydrogens (tertiary/aromatic N) is 3. The van der Waals surface area contributed by atoms with Gasteiger partial charge < -0.3 is 29.7 Å². The summed E-state index contributed by atoms with van der Waals surface area (Å²) < 4.78 is 31.6. The molecule has 2 aliphatic heterocycles. The lowest BCUT2D eigenvalue weighted by molar-refractivity contribution is -0.150. The molecule has 2 aromatic rings. The summed E-state index contributed by atoms with van der Waals surface area (Å²) in [5, 5.41) is 5.65. The molecule has 5 rings (SSSR count). The SMILES string of the molecule is CCOC(=O)[C@@]12C[C@H]1C=CCCCCC[C@H](NC(=O)OC(C)(C)C)C(=O)N1C[C@H](Oc3nc4c(F)cccc4nc3C)C[C@H]1C(=O)N2. The number of carbonyl (C=O) groups is 4. The average molecular weight is 654 g/mol. The van der Waals surface area contributed by atoms with Crippen LogP contribution < -0.4 is 15.4 Å². The predicted octanol–water partition coefficient (Wildman–Crippen LogP) is 4.28. The molecule has 0 spiro atoms. The molecule has 1 saturated carbocycles. The number of rotatable bonds is 5. The fourth-order valence-corrected chi connectivity index (χ4v) is 6.23. The maximum atomic E-state index is 14.6. The quantitative estimate of drug-likeness (QED) is 0.356. The van der Waals surface area contributed by atoms with Gasteiger partial charge in [0.2, 0.25) is 17.7 Å². The van der Waals surface area contributed by atoms with Gasteiger partial charge in [-0.3, -0.25) is 9.59 Å². The van der Waals surface area contributed by atoms with E-state index in [1.54, 1.807) is 46.8 Å². The number of aryl methyl sites for hydroxylation is 1. The van der Waals surface area contributed by atoms with Crippen LogP contribution in [0.1, 0.15) is 78.3 Å². The first-order valence-electron chi connectivity index (χ1n) is 16.4. The summed E-state index contributed by atoms with van der Waals surface area (Å²) >= 11 is 0. The third-order valence-electron chi connectivity index (χ3n) is 8.62. The molecule has 254 valence electrons. The number of amides is 3. The average Bonchev–Trinajstić information content (AvgIpc) is 3.52. The molecule has 3 heterocycles. The van der Waals surface area contributed by atoms with E-state index < -0.39 is 59.0 Å². The Kier molecular flexibility index (Phi) is 10.0. The summed E-state index contributed by atoms with van der Waals surface area (Å²) in [7, 11) is 0. The summed E-state index contributed by atoms with van der Waals surface area (Å²) in [4.78, 5) is 64.5. The van der Waals surface area contributed by atoms with Gasteiger partial charge >= 0.3 is 12.1 Å². The molecule has 1 aromatic carbocycles. The molecule has 1 saturated heterocycles. The first kappa shape index (κ1) is 34.1. The van der Waals surface area contributed by atoms with Crippen molar-refractivity contribution in [3.05, 3.63) is 41.9 Å². The van der Waals surface area contributed by atoms with Crippen LogP contribution in [0.5, 0.6) is 5.88 Å². The van der Waals surface area contributed by atoms with Crippen molar-refractivity contribution in [1.82, 2.24) is 25.5 Å². The van der Waals surface area contributed by atoms with E-state index in [0.29, 0.717) is 30.5 Å². The Morgan fingerprint density at radius 3 is 2.70 bits per heavy atom. The Labute approximate surface area is 273 Å². The topological polar surface area (TPSA) is 149 Å². The monoisotopic (exact) mass is 653 g/mol. The summed E-state index contributed by atoms with van der Waals surface area (Å²) in [5.74, 6) is -2.24. The van der Waals surface area contributed by atoms with Crippen LogP contribution in [0.3, 0.4) is 0 Å². The molecule has 0 radical (unpaired) electrons. The maximum Gasteiger partial charge on any atom is 0.408 e. The van der Waals surface area contributed by atoms with Crippen molar-refractivity contribution in [1.29, 1.82) is 0 Å². The van der Waals surface area contributed by atoms with Gasteiger partial charge in [0.25, 0.3) is 0 Å². The molecule has 2 N–H and O–H groups in total. The van der Waals surface area contributed by atoms with E-state index in [9.17, 15) is 23.6 Å². The largest absolute Gasteiger partial charge is 0.471 e. The minimum atomic E-state index is -1.23. The normalized spacial score (nSPS) is 26.7. The maximum absolute atomic E-state index is 14.6. The van der Waals surface area contributed by atoms with Gasteiger partial charge in [-0.25, -0.2) is 23.9 Å². The molecular weight excluding hydrogens is 609 g/mol. The van der Waals surface area contributed by atoms with E-state index in [-0.39, 0.29) is 36.9 Å². The highest BCUT2D eigenvalue weighted by atomic mass is 19.1. The number of esters is 1. The molecule has 2 fully saturated rings. The fraction of sp³-hybridized carbons (Fsp3) is 0.588. The van der Waals surface area contributed by atoms with Gasteiger partial charge in [-0.1, -0.05) is 31.1 Å². The third-order valence-corrected chi connectivity index (χ3v) is 8.62. The lowest BCUT2D eigenvalue weighted by Gasteiger charge is -2.30. The van der Waals surface area contributed by atoms with E-state index in [0.717, 1.165) is 19.3 Å². The van der Waals surface area contributed by atoms with Crippen molar-refractivity contribution in [3.63, 3.8) is 0 Å². The molecule has 0 unspecified atom stereocenters. The van der Waals surface area contributed by atoms with Crippen LogP contribution >= 0.6 is 0 Å². The number of para-hydroxylation sites is 1. The van der Waals surface area contributed by atoms with Gasteiger partial charge in [0.15, 0.2) is 5.82 Å². The van der Waals surface area contributed by atoms with Gasteiger partial charge in [0.1, 0.15) is 40.5 Å². The van der Waals surface area contributed by atoms with Crippen LogP contribution in [0.4, 0.5) is 9.18 Å². The van der Waals surface area contributed by atoms with Gasteiger partial charge in [0.05, 0.1) is 18.7 Å². The number of fused-ring (bicyclic) bond motifs is 3. The lowest BCUT2D eigenvalue weighted by Crippen LogP contribution is -2.56. The zero-order valence-corrected chi connectivity index (χ0v) is 27.6. The van der Waals surface area contributed by atoms with Crippen LogP contribution in [-0.4, -0.2) is 81.2 Å². The Morgan fingerprint density at radius 1 is 1.17 bits per heavy atom. The smallest absolute Gasteiger partial charge is 0.408 e. The molecule has 0 bridgehead atoms. The molecule has 13 heteroatoms. The summed E-state index contributed by atoms with van der Waals surface area (Å²) in [6.45, 7) is 8.72. The Balaban J connectivity index is 1.46. The molecule has 47 heavy (non-hydrogen) atoms. The number of hydrogen-bond donors (Lipinski definition) is 2. The number of alkyl carbamates (subject to hydrolysis) is 1. The highest BCUT2D eigenvalue weighted by Gasteiger charge is 2.62. The number of carbonyl (C=O) groups excluding carboxylic acids is 4. The van der Waals surface area contributed by atoms with Crippen molar-refractivity contribution in [2.24, 2.45) is 5.92 Å². The number of ether oxygens (including phenoxy) is 3. The summed E-state index contributed by atoms with van der Waals surface area (Å²) in [6, 6.07) is 2.47. The molecule has 1 aromatic heterocycles. The van der Waals surface area contributed by atoms with Gasteiger partial charge in [0, 0.05) is 12.3 Å². The van der Waals surface area contributed by atoms with Crippen LogP contribution in [0.25, 0.3) is 11.0 Å². The van der Waals surface area contributed by atoms with Crippen molar-refractivity contribution < 1.29 is 37.8 Å². The Hall–Kier alpha value is -4.29. The second kappa shape index (κ2) is 13.8. The van der Waals surface area contributed by atoms with Crippen LogP contribution in [0.2, 0.25) is 0 Å². The van der Waals surface area contributed by atoms with Crippen LogP contribution in [0.15, 0.2) is 30.4 Å². The van der Waals surface area contributed by atoms with Crippen molar-refractivity contribution in [2.45, 2.75) is 109 Å².